The Balaban J connectivity index is 2.19. The van der Waals surface area contributed by atoms with Gasteiger partial charge in [-0.3, -0.25) is 19.2 Å². The Labute approximate surface area is 194 Å². The number of hydrogen-bond donors (Lipinski definition) is 1. The van der Waals surface area contributed by atoms with Crippen molar-refractivity contribution in [2.45, 2.75) is 65.2 Å². The van der Waals surface area contributed by atoms with Crippen molar-refractivity contribution in [2.75, 3.05) is 6.61 Å². The average molecular weight is 478 g/mol. The van der Waals surface area contributed by atoms with Gasteiger partial charge < -0.3 is 28.7 Å². The maximum absolute atomic E-state index is 12.9. The number of aromatic nitrogens is 1. The molecule has 3 rings (SSSR count). The molecular formula is C22H26N2O10. The molecule has 0 saturated carbocycles. The van der Waals surface area contributed by atoms with Gasteiger partial charge in [0, 0.05) is 27.7 Å². The standard InChI is InChI=1S/C22H26N2O10/c1-10-6-7-16-15(8-10)24(22(29)34-16)21-18(23-11(2)25)20(32-14(5)28)19(31-13(4)27)17(33-21)9-30-12(3)26/h6-8,17-21H,9H2,1-5H3,(H,23,25)/t17-,18+,19+,20-,21+/m0/s1. The predicted molar refractivity (Wildman–Crippen MR) is 114 cm³/mol. The first-order chi connectivity index (χ1) is 16.0. The van der Waals surface area contributed by atoms with E-state index in [9.17, 15) is 24.0 Å². The molecule has 2 aromatic rings. The molecule has 0 aliphatic carbocycles. The molecule has 1 amide bonds. The summed E-state index contributed by atoms with van der Waals surface area (Å²) in [7, 11) is 0. The Morgan fingerprint density at radius 3 is 2.24 bits per heavy atom. The zero-order chi connectivity index (χ0) is 25.2. The van der Waals surface area contributed by atoms with Gasteiger partial charge in [0.25, 0.3) is 0 Å². The number of carbonyl (C=O) groups excluding carboxylic acids is 4. The number of rotatable bonds is 6. The molecule has 0 radical (unpaired) electrons. The zero-order valence-corrected chi connectivity index (χ0v) is 19.4. The van der Waals surface area contributed by atoms with Gasteiger partial charge in [0.1, 0.15) is 18.8 Å². The maximum atomic E-state index is 12.9. The molecule has 2 heterocycles. The minimum Gasteiger partial charge on any atom is -0.463 e. The first-order valence-electron chi connectivity index (χ1n) is 10.5. The van der Waals surface area contributed by atoms with Crippen LogP contribution < -0.4 is 11.1 Å². The quantitative estimate of drug-likeness (QED) is 0.464. The average Bonchev–Trinajstić information content (AvgIpc) is 3.03. The van der Waals surface area contributed by atoms with E-state index in [1.807, 2.05) is 6.92 Å². The number of fused-ring (bicyclic) bond motifs is 1. The van der Waals surface area contributed by atoms with Crippen molar-refractivity contribution < 1.29 is 42.5 Å². The Morgan fingerprint density at radius 1 is 1.00 bits per heavy atom. The van der Waals surface area contributed by atoms with Gasteiger partial charge in [-0.2, -0.15) is 0 Å². The van der Waals surface area contributed by atoms with E-state index in [-0.39, 0.29) is 12.2 Å². The number of esters is 3. The van der Waals surface area contributed by atoms with E-state index in [2.05, 4.69) is 5.32 Å². The van der Waals surface area contributed by atoms with Gasteiger partial charge in [-0.05, 0) is 24.6 Å². The lowest BCUT2D eigenvalue weighted by Gasteiger charge is -2.45. The second-order valence-corrected chi connectivity index (χ2v) is 7.95. The smallest absolute Gasteiger partial charge is 0.422 e. The van der Waals surface area contributed by atoms with Crippen molar-refractivity contribution in [3.63, 3.8) is 0 Å². The van der Waals surface area contributed by atoms with Gasteiger partial charge >= 0.3 is 23.7 Å². The molecule has 0 unspecified atom stereocenters. The lowest BCUT2D eigenvalue weighted by Crippen LogP contribution is -2.64. The summed E-state index contributed by atoms with van der Waals surface area (Å²) >= 11 is 0. The molecule has 1 aliphatic heterocycles. The summed E-state index contributed by atoms with van der Waals surface area (Å²) in [5.74, 6) is -3.39. The number of oxazole rings is 1. The van der Waals surface area contributed by atoms with Crippen LogP contribution in [0.5, 0.6) is 0 Å². The molecule has 0 bridgehead atoms. The van der Waals surface area contributed by atoms with Crippen LogP contribution in [0.25, 0.3) is 11.1 Å². The summed E-state index contributed by atoms with van der Waals surface area (Å²) in [5.41, 5.74) is 1.45. The number of hydrogen-bond acceptors (Lipinski definition) is 10. The molecule has 1 aliphatic rings. The van der Waals surface area contributed by atoms with Crippen LogP contribution >= 0.6 is 0 Å². The minimum absolute atomic E-state index is 0.267. The minimum atomic E-state index is -1.29. The fourth-order valence-electron chi connectivity index (χ4n) is 3.91. The molecule has 1 fully saturated rings. The summed E-state index contributed by atoms with van der Waals surface area (Å²) in [5, 5.41) is 2.63. The lowest BCUT2D eigenvalue weighted by atomic mass is 9.94. The second kappa shape index (κ2) is 10.1. The van der Waals surface area contributed by atoms with E-state index < -0.39 is 60.2 Å². The second-order valence-electron chi connectivity index (χ2n) is 7.95. The Kier molecular flexibility index (Phi) is 7.40. The number of aryl methyl sites for hydroxylation is 1. The van der Waals surface area contributed by atoms with Crippen molar-refractivity contribution >= 4 is 34.9 Å². The molecule has 184 valence electrons. The fraction of sp³-hybridized carbons (Fsp3) is 0.500. The van der Waals surface area contributed by atoms with Gasteiger partial charge in [0.05, 0.1) is 5.52 Å². The van der Waals surface area contributed by atoms with Gasteiger partial charge in [-0.25, -0.2) is 9.36 Å². The van der Waals surface area contributed by atoms with E-state index in [1.165, 1.54) is 18.4 Å². The van der Waals surface area contributed by atoms with Crippen LogP contribution in [0.2, 0.25) is 0 Å². The molecule has 12 nitrogen and oxygen atoms in total. The highest BCUT2D eigenvalue weighted by molar-refractivity contribution is 5.75. The summed E-state index contributed by atoms with van der Waals surface area (Å²) in [4.78, 5) is 60.2. The van der Waals surface area contributed by atoms with E-state index in [0.717, 1.165) is 19.4 Å². The number of ether oxygens (including phenoxy) is 4. The summed E-state index contributed by atoms with van der Waals surface area (Å²) in [6.45, 7) is 6.14. The third-order valence-electron chi connectivity index (χ3n) is 5.11. The third kappa shape index (κ3) is 5.45. The van der Waals surface area contributed by atoms with Gasteiger partial charge in [-0.15, -0.1) is 0 Å². The van der Waals surface area contributed by atoms with E-state index >= 15 is 0 Å². The SMILES string of the molecule is CC(=O)N[C@@H]1[C@H](OC(C)=O)[C@H](OC(C)=O)[C@H](COC(C)=O)O[C@H]1n1c(=O)oc2ccc(C)cc21. The number of nitrogens with zero attached hydrogens (tertiary/aromatic N) is 1. The summed E-state index contributed by atoms with van der Waals surface area (Å²) in [6.07, 6.45) is -4.96. The lowest BCUT2D eigenvalue weighted by molar-refractivity contribution is -0.237. The predicted octanol–water partition coefficient (Wildman–Crippen LogP) is 0.732. The van der Waals surface area contributed by atoms with Crippen LogP contribution in [-0.2, 0) is 38.1 Å². The molecular weight excluding hydrogens is 452 g/mol. The molecule has 1 aromatic carbocycles. The first kappa shape index (κ1) is 25.0. The van der Waals surface area contributed by atoms with Crippen LogP contribution in [0.1, 0.15) is 39.5 Å². The normalized spacial score (nSPS) is 24.3. The van der Waals surface area contributed by atoms with Crippen LogP contribution in [0.15, 0.2) is 27.4 Å². The number of carbonyl (C=O) groups is 4. The molecule has 1 N–H and O–H groups in total. The zero-order valence-electron chi connectivity index (χ0n) is 19.4. The van der Waals surface area contributed by atoms with Crippen molar-refractivity contribution in [1.82, 2.24) is 9.88 Å². The van der Waals surface area contributed by atoms with Crippen molar-refractivity contribution in [1.29, 1.82) is 0 Å². The van der Waals surface area contributed by atoms with Gasteiger partial charge in [-0.1, -0.05) is 6.07 Å². The van der Waals surface area contributed by atoms with E-state index in [0.29, 0.717) is 5.52 Å². The highest BCUT2D eigenvalue weighted by Crippen LogP contribution is 2.34. The molecule has 0 spiro atoms. The molecule has 1 aromatic heterocycles. The van der Waals surface area contributed by atoms with Crippen LogP contribution in [0.3, 0.4) is 0 Å². The molecule has 1 saturated heterocycles. The Hall–Kier alpha value is -3.67. The highest BCUT2D eigenvalue weighted by Gasteiger charge is 2.52. The van der Waals surface area contributed by atoms with Gasteiger partial charge in [0.15, 0.2) is 24.0 Å². The molecule has 5 atom stereocenters. The third-order valence-corrected chi connectivity index (χ3v) is 5.11. The molecule has 34 heavy (non-hydrogen) atoms. The van der Waals surface area contributed by atoms with Crippen LogP contribution in [0.4, 0.5) is 0 Å². The van der Waals surface area contributed by atoms with E-state index in [1.54, 1.807) is 18.2 Å². The summed E-state index contributed by atoms with van der Waals surface area (Å²) in [6, 6.07) is 3.89. The maximum Gasteiger partial charge on any atom is 0.422 e. The monoisotopic (exact) mass is 478 g/mol. The van der Waals surface area contributed by atoms with Crippen LogP contribution in [-0.4, -0.2) is 59.3 Å². The largest absolute Gasteiger partial charge is 0.463 e. The number of amides is 1. The first-order valence-corrected chi connectivity index (χ1v) is 10.5. The summed E-state index contributed by atoms with van der Waals surface area (Å²) < 4.78 is 28.5. The van der Waals surface area contributed by atoms with Crippen molar-refractivity contribution in [3.05, 3.63) is 34.3 Å². The topological polar surface area (TPSA) is 152 Å². The highest BCUT2D eigenvalue weighted by atomic mass is 16.6. The number of nitrogens with one attached hydrogen (secondary N) is 1. The van der Waals surface area contributed by atoms with Crippen molar-refractivity contribution in [3.8, 4) is 0 Å². The fourth-order valence-corrected chi connectivity index (χ4v) is 3.91. The Bertz CT molecular complexity index is 1170. The van der Waals surface area contributed by atoms with E-state index in [4.69, 9.17) is 23.4 Å². The Morgan fingerprint density at radius 2 is 1.65 bits per heavy atom. The van der Waals surface area contributed by atoms with Crippen molar-refractivity contribution in [2.24, 2.45) is 0 Å². The number of benzene rings is 1. The van der Waals surface area contributed by atoms with Gasteiger partial charge in [0.2, 0.25) is 5.91 Å². The van der Waals surface area contributed by atoms with Crippen LogP contribution in [0, 0.1) is 6.92 Å². The molecule has 12 heteroatoms.